The molecule has 0 bridgehead atoms. The number of hydrogen-bond donors (Lipinski definition) is 0. The lowest BCUT2D eigenvalue weighted by molar-refractivity contribution is 0.376. The molecule has 1 fully saturated rings. The van der Waals surface area contributed by atoms with Crippen LogP contribution in [-0.2, 0) is 10.0 Å². The van der Waals surface area contributed by atoms with Gasteiger partial charge in [-0.15, -0.1) is 0 Å². The Hall–Kier alpha value is -0.610. The highest BCUT2D eigenvalue weighted by molar-refractivity contribution is 7.90. The number of hydrogen-bond acceptors (Lipinski definition) is 2. The highest BCUT2D eigenvalue weighted by Crippen LogP contribution is 2.31. The van der Waals surface area contributed by atoms with Gasteiger partial charge in [0.25, 0.3) is 0 Å². The van der Waals surface area contributed by atoms with Gasteiger partial charge in [-0.25, -0.2) is 12.7 Å². The molecule has 0 spiro atoms. The Balaban J connectivity index is 2.24. The fourth-order valence-electron chi connectivity index (χ4n) is 2.21. The quantitative estimate of drug-likeness (QED) is 0.715. The molecule has 0 saturated carbocycles. The summed E-state index contributed by atoms with van der Waals surface area (Å²) < 4.78 is 25.8. The summed E-state index contributed by atoms with van der Waals surface area (Å²) in [6.45, 7) is 5.37. The maximum Gasteiger partial charge on any atom is 0.221 e. The van der Waals surface area contributed by atoms with Crippen LogP contribution in [0.2, 0.25) is 0 Å². The van der Waals surface area contributed by atoms with Crippen molar-refractivity contribution in [3.63, 3.8) is 0 Å². The average Bonchev–Trinajstić information content (AvgIpc) is 2.39. The summed E-state index contributed by atoms with van der Waals surface area (Å²) in [5.74, 6) is 0.534. The van der Waals surface area contributed by atoms with E-state index in [4.69, 9.17) is 0 Å². The van der Waals surface area contributed by atoms with Crippen molar-refractivity contribution in [2.24, 2.45) is 11.8 Å². The van der Waals surface area contributed by atoms with E-state index in [0.29, 0.717) is 19.0 Å². The summed E-state index contributed by atoms with van der Waals surface area (Å²) in [7, 11) is -3.09. The molecule has 84 valence electrons. The lowest BCUT2D eigenvalue weighted by Crippen LogP contribution is -2.31. The first-order chi connectivity index (χ1) is 7.01. The zero-order valence-corrected chi connectivity index (χ0v) is 9.94. The molecule has 0 aromatic rings. The standard InChI is InChI=1S/C11H17NO2S/c1-9(2)7-12-8-10-5-3-4-6-11(10)15(12,13)14/h3-6,9-11H,7-8H2,1-2H3. The molecule has 1 aliphatic carbocycles. The maximum atomic E-state index is 12.1. The predicted octanol–water partition coefficient (Wildman–Crippen LogP) is 1.40. The SMILES string of the molecule is CC(C)CN1CC2C=CC=CC2S1(=O)=O. The summed E-state index contributed by atoms with van der Waals surface area (Å²) in [6.07, 6.45) is 7.58. The van der Waals surface area contributed by atoms with Gasteiger partial charge in [-0.2, -0.15) is 0 Å². The number of rotatable bonds is 2. The first kappa shape index (κ1) is 10.9. The minimum Gasteiger partial charge on any atom is -0.212 e. The third-order valence-corrected chi connectivity index (χ3v) is 5.09. The van der Waals surface area contributed by atoms with Gasteiger partial charge >= 0.3 is 0 Å². The predicted molar refractivity (Wildman–Crippen MR) is 60.9 cm³/mol. The van der Waals surface area contributed by atoms with E-state index in [9.17, 15) is 8.42 Å². The van der Waals surface area contributed by atoms with Crippen LogP contribution in [0.25, 0.3) is 0 Å². The molecule has 3 nitrogen and oxygen atoms in total. The zero-order chi connectivity index (χ0) is 11.1. The van der Waals surface area contributed by atoms with Gasteiger partial charge < -0.3 is 0 Å². The molecule has 15 heavy (non-hydrogen) atoms. The minimum absolute atomic E-state index is 0.152. The molecule has 1 saturated heterocycles. The molecule has 4 heteroatoms. The Morgan fingerprint density at radius 3 is 2.60 bits per heavy atom. The number of allylic oxidation sites excluding steroid dienone is 2. The number of sulfonamides is 1. The van der Waals surface area contributed by atoms with Crippen molar-refractivity contribution < 1.29 is 8.42 Å². The van der Waals surface area contributed by atoms with Gasteiger partial charge in [-0.05, 0) is 5.92 Å². The molecule has 0 aromatic heterocycles. The van der Waals surface area contributed by atoms with Crippen molar-refractivity contribution >= 4 is 10.0 Å². The van der Waals surface area contributed by atoms with E-state index in [1.807, 2.05) is 32.1 Å². The lowest BCUT2D eigenvalue weighted by atomic mass is 10.0. The van der Waals surface area contributed by atoms with Crippen LogP contribution in [0.15, 0.2) is 24.3 Å². The number of nitrogens with zero attached hydrogens (tertiary/aromatic N) is 1. The Bertz CT molecular complexity index is 395. The molecule has 0 radical (unpaired) electrons. The smallest absolute Gasteiger partial charge is 0.212 e. The molecule has 0 aromatic carbocycles. The summed E-state index contributed by atoms with van der Waals surface area (Å²) in [4.78, 5) is 0. The van der Waals surface area contributed by atoms with Gasteiger partial charge in [0.15, 0.2) is 0 Å². The van der Waals surface area contributed by atoms with E-state index in [1.54, 1.807) is 10.4 Å². The van der Waals surface area contributed by atoms with Gasteiger partial charge in [-0.3, -0.25) is 0 Å². The van der Waals surface area contributed by atoms with Crippen molar-refractivity contribution in [1.82, 2.24) is 4.31 Å². The fraction of sp³-hybridized carbons (Fsp3) is 0.636. The van der Waals surface area contributed by atoms with Crippen LogP contribution >= 0.6 is 0 Å². The summed E-state index contributed by atoms with van der Waals surface area (Å²) in [6, 6.07) is 0. The minimum atomic E-state index is -3.09. The molecule has 2 aliphatic rings. The van der Waals surface area contributed by atoms with E-state index in [1.165, 1.54) is 0 Å². The lowest BCUT2D eigenvalue weighted by Gasteiger charge is -2.17. The summed E-state index contributed by atoms with van der Waals surface area (Å²) >= 11 is 0. The van der Waals surface area contributed by atoms with Gasteiger partial charge in [0.05, 0.1) is 0 Å². The van der Waals surface area contributed by atoms with Crippen LogP contribution in [0.3, 0.4) is 0 Å². The summed E-state index contributed by atoms with van der Waals surface area (Å²) in [5, 5.41) is -0.318. The van der Waals surface area contributed by atoms with Crippen LogP contribution < -0.4 is 0 Å². The molecular formula is C11H17NO2S. The molecule has 0 N–H and O–H groups in total. The molecule has 0 amide bonds. The van der Waals surface area contributed by atoms with Gasteiger partial charge in [0, 0.05) is 19.0 Å². The zero-order valence-electron chi connectivity index (χ0n) is 9.13. The van der Waals surface area contributed by atoms with E-state index in [-0.39, 0.29) is 11.2 Å². The van der Waals surface area contributed by atoms with Crippen molar-refractivity contribution in [2.75, 3.05) is 13.1 Å². The Morgan fingerprint density at radius 1 is 1.33 bits per heavy atom. The fourth-order valence-corrected chi connectivity index (χ4v) is 4.35. The van der Waals surface area contributed by atoms with Gasteiger partial charge in [0.1, 0.15) is 5.25 Å². The molecule has 2 atom stereocenters. The van der Waals surface area contributed by atoms with Crippen LogP contribution in [0.5, 0.6) is 0 Å². The maximum absolute atomic E-state index is 12.1. The molecule has 2 rings (SSSR count). The molecular weight excluding hydrogens is 210 g/mol. The highest BCUT2D eigenvalue weighted by atomic mass is 32.2. The molecule has 1 heterocycles. The monoisotopic (exact) mass is 227 g/mol. The van der Waals surface area contributed by atoms with Crippen LogP contribution in [-0.4, -0.2) is 31.1 Å². The van der Waals surface area contributed by atoms with Gasteiger partial charge in [0.2, 0.25) is 10.0 Å². The van der Waals surface area contributed by atoms with Crippen molar-refractivity contribution in [3.05, 3.63) is 24.3 Å². The van der Waals surface area contributed by atoms with Gasteiger partial charge in [-0.1, -0.05) is 38.2 Å². The first-order valence-corrected chi connectivity index (χ1v) is 6.86. The third-order valence-electron chi connectivity index (χ3n) is 2.88. The van der Waals surface area contributed by atoms with Crippen LogP contribution in [0.4, 0.5) is 0 Å². The second-order valence-corrected chi connectivity index (χ2v) is 6.74. The third kappa shape index (κ3) is 1.88. The second kappa shape index (κ2) is 3.76. The van der Waals surface area contributed by atoms with E-state index in [0.717, 1.165) is 0 Å². The Kier molecular flexibility index (Phi) is 2.73. The normalized spacial score (nSPS) is 33.5. The average molecular weight is 227 g/mol. The highest BCUT2D eigenvalue weighted by Gasteiger charge is 2.44. The second-order valence-electron chi connectivity index (χ2n) is 4.65. The van der Waals surface area contributed by atoms with Crippen molar-refractivity contribution in [3.8, 4) is 0 Å². The summed E-state index contributed by atoms with van der Waals surface area (Å²) in [5.41, 5.74) is 0. The van der Waals surface area contributed by atoms with E-state index in [2.05, 4.69) is 0 Å². The van der Waals surface area contributed by atoms with Crippen LogP contribution in [0, 0.1) is 11.8 Å². The molecule has 1 aliphatic heterocycles. The largest absolute Gasteiger partial charge is 0.221 e. The topological polar surface area (TPSA) is 37.4 Å². The Morgan fingerprint density at radius 2 is 2.00 bits per heavy atom. The Labute approximate surface area is 91.5 Å². The van der Waals surface area contributed by atoms with Crippen LogP contribution in [0.1, 0.15) is 13.8 Å². The number of fused-ring (bicyclic) bond motifs is 1. The van der Waals surface area contributed by atoms with E-state index < -0.39 is 10.0 Å². The molecule has 2 unspecified atom stereocenters. The van der Waals surface area contributed by atoms with Crippen molar-refractivity contribution in [1.29, 1.82) is 0 Å². The van der Waals surface area contributed by atoms with E-state index >= 15 is 0 Å². The van der Waals surface area contributed by atoms with Crippen molar-refractivity contribution in [2.45, 2.75) is 19.1 Å². The first-order valence-electron chi connectivity index (χ1n) is 5.36.